The van der Waals surface area contributed by atoms with Crippen molar-refractivity contribution in [2.45, 2.75) is 19.1 Å². The van der Waals surface area contributed by atoms with E-state index >= 15 is 0 Å². The van der Waals surface area contributed by atoms with Crippen molar-refractivity contribution in [2.24, 2.45) is 0 Å². The van der Waals surface area contributed by atoms with Gasteiger partial charge in [-0.25, -0.2) is 14.8 Å². The van der Waals surface area contributed by atoms with Crippen molar-refractivity contribution in [3.63, 3.8) is 0 Å². The van der Waals surface area contributed by atoms with Gasteiger partial charge in [-0.05, 0) is 47.5 Å². The van der Waals surface area contributed by atoms with Crippen molar-refractivity contribution in [1.82, 2.24) is 14.9 Å². The molecule has 0 unspecified atom stereocenters. The van der Waals surface area contributed by atoms with Gasteiger partial charge in [0.25, 0.3) is 0 Å². The lowest BCUT2D eigenvalue weighted by atomic mass is 10.1. The zero-order chi connectivity index (χ0) is 28.3. The number of carboxylic acids is 1. The molecule has 9 heteroatoms. The van der Waals surface area contributed by atoms with Gasteiger partial charge < -0.3 is 24.6 Å². The number of carbonyl (C=O) groups is 1. The second-order valence-electron chi connectivity index (χ2n) is 9.78. The van der Waals surface area contributed by atoms with E-state index in [0.717, 1.165) is 61.0 Å². The molecule has 1 fully saturated rings. The van der Waals surface area contributed by atoms with Gasteiger partial charge in [-0.15, -0.1) is 0 Å². The number of carboxylic acid groups (broad SMARTS) is 1. The van der Waals surface area contributed by atoms with Crippen molar-refractivity contribution in [3.8, 4) is 22.8 Å². The fourth-order valence-corrected chi connectivity index (χ4v) is 4.55. The Morgan fingerprint density at radius 3 is 2.46 bits per heavy atom. The molecule has 0 saturated carbocycles. The highest BCUT2D eigenvalue weighted by Crippen LogP contribution is 2.23. The summed E-state index contributed by atoms with van der Waals surface area (Å²) in [7, 11) is 0. The quantitative estimate of drug-likeness (QED) is 0.246. The Bertz CT molecular complexity index is 1390. The number of aliphatic carboxylic acids is 1. The number of nitrogens with one attached hydrogen (secondary N) is 1. The first-order chi connectivity index (χ1) is 20.1. The van der Waals surface area contributed by atoms with E-state index in [-0.39, 0.29) is 6.42 Å². The zero-order valence-electron chi connectivity index (χ0n) is 22.8. The Hall–Kier alpha value is -4.47. The molecule has 4 aromatic rings. The lowest BCUT2D eigenvalue weighted by Gasteiger charge is -2.26. The van der Waals surface area contributed by atoms with Crippen LogP contribution in [-0.4, -0.2) is 71.4 Å². The Morgan fingerprint density at radius 1 is 0.902 bits per heavy atom. The second-order valence-corrected chi connectivity index (χ2v) is 9.78. The third kappa shape index (κ3) is 8.51. The average Bonchev–Trinajstić information content (AvgIpc) is 3.01. The number of aromatic nitrogens is 2. The third-order valence-corrected chi connectivity index (χ3v) is 6.80. The Morgan fingerprint density at radius 2 is 1.68 bits per heavy atom. The zero-order valence-corrected chi connectivity index (χ0v) is 22.8. The first-order valence-electron chi connectivity index (χ1n) is 13.7. The number of anilines is 1. The molecule has 1 aliphatic rings. The van der Waals surface area contributed by atoms with E-state index in [1.54, 1.807) is 6.07 Å². The largest absolute Gasteiger partial charge is 0.492 e. The molecule has 0 spiro atoms. The van der Waals surface area contributed by atoms with Crippen LogP contribution in [0.4, 0.5) is 5.82 Å². The average molecular weight is 555 g/mol. The highest BCUT2D eigenvalue weighted by atomic mass is 16.5. The maximum atomic E-state index is 12.1. The summed E-state index contributed by atoms with van der Waals surface area (Å²) in [6.07, 6.45) is 1.70. The minimum atomic E-state index is -0.969. The van der Waals surface area contributed by atoms with Gasteiger partial charge >= 0.3 is 5.97 Å². The highest BCUT2D eigenvalue weighted by molar-refractivity contribution is 5.77. The molecule has 212 valence electrons. The van der Waals surface area contributed by atoms with E-state index in [1.807, 2.05) is 78.9 Å². The minimum Gasteiger partial charge on any atom is -0.492 e. The molecule has 3 aromatic carbocycles. The maximum Gasteiger partial charge on any atom is 0.326 e. The molecule has 0 aliphatic carbocycles. The van der Waals surface area contributed by atoms with Gasteiger partial charge in [-0.3, -0.25) is 4.90 Å². The van der Waals surface area contributed by atoms with Gasteiger partial charge in [0.05, 0.1) is 18.9 Å². The summed E-state index contributed by atoms with van der Waals surface area (Å²) < 4.78 is 17.2. The van der Waals surface area contributed by atoms with Crippen LogP contribution in [0.15, 0.2) is 91.3 Å². The molecule has 1 aromatic heterocycles. The van der Waals surface area contributed by atoms with Crippen LogP contribution in [-0.2, 0) is 22.6 Å². The molecule has 0 bridgehead atoms. The highest BCUT2D eigenvalue weighted by Gasteiger charge is 2.19. The fourth-order valence-electron chi connectivity index (χ4n) is 4.55. The SMILES string of the molecule is O=C(O)[C@H](Cc1cccc(OCCN2CCOCC2)c1)Nc1cc(-c2ccc(OCc3ccccc3)cc2)ncn1. The van der Waals surface area contributed by atoms with Crippen LogP contribution in [0.2, 0.25) is 0 Å². The van der Waals surface area contributed by atoms with E-state index in [1.165, 1.54) is 6.33 Å². The lowest BCUT2D eigenvalue weighted by molar-refractivity contribution is -0.137. The van der Waals surface area contributed by atoms with Gasteiger partial charge in [0, 0.05) is 37.7 Å². The molecular formula is C32H34N4O5. The summed E-state index contributed by atoms with van der Waals surface area (Å²) in [6.45, 7) is 5.21. The van der Waals surface area contributed by atoms with Crippen molar-refractivity contribution in [3.05, 3.63) is 102 Å². The molecule has 0 amide bonds. The van der Waals surface area contributed by atoms with Crippen molar-refractivity contribution >= 4 is 11.8 Å². The van der Waals surface area contributed by atoms with Gasteiger partial charge in [0.15, 0.2) is 0 Å². The van der Waals surface area contributed by atoms with E-state index in [0.29, 0.717) is 24.7 Å². The predicted octanol–water partition coefficient (Wildman–Crippen LogP) is 4.54. The number of hydrogen-bond acceptors (Lipinski definition) is 8. The third-order valence-electron chi connectivity index (χ3n) is 6.80. The molecule has 0 radical (unpaired) electrons. The fraction of sp³-hybridized carbons (Fsp3) is 0.281. The van der Waals surface area contributed by atoms with Crippen molar-refractivity contribution in [2.75, 3.05) is 44.8 Å². The summed E-state index contributed by atoms with van der Waals surface area (Å²) in [5, 5.41) is 13.0. The Kier molecular flexibility index (Phi) is 9.75. The summed E-state index contributed by atoms with van der Waals surface area (Å²) in [4.78, 5) is 23.1. The molecule has 1 aliphatic heterocycles. The van der Waals surface area contributed by atoms with Crippen molar-refractivity contribution in [1.29, 1.82) is 0 Å². The molecule has 1 saturated heterocycles. The number of ether oxygens (including phenoxy) is 3. The second kappa shape index (κ2) is 14.2. The molecule has 1 atom stereocenters. The molecule has 2 N–H and O–H groups in total. The Balaban J connectivity index is 1.17. The smallest absolute Gasteiger partial charge is 0.326 e. The number of rotatable bonds is 13. The molecule has 9 nitrogen and oxygen atoms in total. The first-order valence-corrected chi connectivity index (χ1v) is 13.7. The van der Waals surface area contributed by atoms with Gasteiger partial charge in [0.2, 0.25) is 0 Å². The minimum absolute atomic E-state index is 0.267. The van der Waals surface area contributed by atoms with Crippen molar-refractivity contribution < 1.29 is 24.1 Å². The first kappa shape index (κ1) is 28.1. The normalized spacial score (nSPS) is 14.2. The maximum absolute atomic E-state index is 12.1. The van der Waals surface area contributed by atoms with Crippen LogP contribution in [0.25, 0.3) is 11.3 Å². The number of hydrogen-bond donors (Lipinski definition) is 2. The monoisotopic (exact) mass is 554 g/mol. The van der Waals surface area contributed by atoms with Crippen LogP contribution in [0.1, 0.15) is 11.1 Å². The topological polar surface area (TPSA) is 106 Å². The summed E-state index contributed by atoms with van der Waals surface area (Å²) in [5.74, 6) is 0.942. The van der Waals surface area contributed by atoms with Crippen LogP contribution in [0, 0.1) is 0 Å². The lowest BCUT2D eigenvalue weighted by Crippen LogP contribution is -2.38. The van der Waals surface area contributed by atoms with Crippen LogP contribution >= 0.6 is 0 Å². The van der Waals surface area contributed by atoms with E-state index in [9.17, 15) is 9.90 Å². The van der Waals surface area contributed by atoms with Crippen LogP contribution in [0.3, 0.4) is 0 Å². The molecular weight excluding hydrogens is 520 g/mol. The summed E-state index contributed by atoms with van der Waals surface area (Å²) in [5.41, 5.74) is 3.50. The molecule has 2 heterocycles. The standard InChI is InChI=1S/C32H34N4O5/c37-32(38)30(20-25-7-4-8-28(19-25)40-18-15-36-13-16-39-17-14-36)35-31-21-29(33-23-34-31)26-9-11-27(12-10-26)41-22-24-5-2-1-3-6-24/h1-12,19,21,23,30H,13-18,20,22H2,(H,37,38)(H,33,34,35)/t30-/m0/s1. The number of benzene rings is 3. The Labute approximate surface area is 239 Å². The number of morpholine rings is 1. The summed E-state index contributed by atoms with van der Waals surface area (Å²) in [6, 6.07) is 26.1. The van der Waals surface area contributed by atoms with Gasteiger partial charge in [-0.1, -0.05) is 42.5 Å². The molecule has 5 rings (SSSR count). The predicted molar refractivity (Wildman–Crippen MR) is 156 cm³/mol. The van der Waals surface area contributed by atoms with Crippen LogP contribution in [0.5, 0.6) is 11.5 Å². The number of nitrogens with zero attached hydrogens (tertiary/aromatic N) is 3. The van der Waals surface area contributed by atoms with Crippen LogP contribution < -0.4 is 14.8 Å². The van der Waals surface area contributed by atoms with Gasteiger partial charge in [-0.2, -0.15) is 0 Å². The summed E-state index contributed by atoms with van der Waals surface area (Å²) >= 11 is 0. The molecule has 41 heavy (non-hydrogen) atoms. The van der Waals surface area contributed by atoms with E-state index in [2.05, 4.69) is 20.2 Å². The van der Waals surface area contributed by atoms with E-state index < -0.39 is 12.0 Å². The van der Waals surface area contributed by atoms with E-state index in [4.69, 9.17) is 14.2 Å². The van der Waals surface area contributed by atoms with Gasteiger partial charge in [0.1, 0.15) is 42.9 Å².